The van der Waals surface area contributed by atoms with E-state index in [4.69, 9.17) is 5.73 Å². The Bertz CT molecular complexity index is 1040. The van der Waals surface area contributed by atoms with Crippen LogP contribution in [0.25, 0.3) is 22.5 Å². The van der Waals surface area contributed by atoms with Crippen LogP contribution < -0.4 is 5.73 Å². The summed E-state index contributed by atoms with van der Waals surface area (Å²) in [6.45, 7) is 3.50. The Morgan fingerprint density at radius 1 is 1.07 bits per heavy atom. The van der Waals surface area contributed by atoms with Crippen LogP contribution in [-0.2, 0) is 6.54 Å². The predicted molar refractivity (Wildman–Crippen MR) is 111 cm³/mol. The highest BCUT2D eigenvalue weighted by molar-refractivity contribution is 5.80. The molecule has 29 heavy (non-hydrogen) atoms. The zero-order valence-corrected chi connectivity index (χ0v) is 16.4. The Morgan fingerprint density at radius 3 is 2.55 bits per heavy atom. The van der Waals surface area contributed by atoms with Gasteiger partial charge < -0.3 is 5.73 Å². The number of H-pyrrole nitrogens is 1. The van der Waals surface area contributed by atoms with Gasteiger partial charge in [-0.3, -0.25) is 0 Å². The lowest BCUT2D eigenvalue weighted by atomic mass is 9.98. The van der Waals surface area contributed by atoms with E-state index in [0.29, 0.717) is 24.8 Å². The normalized spacial score (nSPS) is 12.2. The lowest BCUT2D eigenvalue weighted by Gasteiger charge is -2.15. The molecule has 2 aromatic carbocycles. The van der Waals surface area contributed by atoms with E-state index in [1.54, 1.807) is 6.33 Å². The van der Waals surface area contributed by atoms with Gasteiger partial charge in [-0.2, -0.15) is 10.3 Å². The Hall–Kier alpha value is -3.39. The number of hydrogen-bond donors (Lipinski definition) is 2. The van der Waals surface area contributed by atoms with Crippen molar-refractivity contribution < 1.29 is 0 Å². The van der Waals surface area contributed by atoms with Crippen LogP contribution in [-0.4, -0.2) is 41.9 Å². The quantitative estimate of drug-likeness (QED) is 0.480. The molecule has 2 aromatic heterocycles. The molecule has 0 saturated heterocycles. The smallest absolute Gasteiger partial charge is 0.205 e. The molecule has 0 radical (unpaired) electrons. The molecule has 8 heteroatoms. The average Bonchev–Trinajstić information content (AvgIpc) is 3.45. The fraction of sp³-hybridized carbons (Fsp3) is 0.286. The van der Waals surface area contributed by atoms with Crippen molar-refractivity contribution in [3.63, 3.8) is 0 Å². The second kappa shape index (κ2) is 8.74. The Morgan fingerprint density at radius 2 is 1.86 bits per heavy atom. The van der Waals surface area contributed by atoms with Crippen LogP contribution >= 0.6 is 0 Å². The molecule has 2 heterocycles. The van der Waals surface area contributed by atoms with Crippen LogP contribution in [0.3, 0.4) is 0 Å². The molecule has 0 saturated carbocycles. The molecule has 0 amide bonds. The van der Waals surface area contributed by atoms with E-state index in [1.807, 2.05) is 22.9 Å². The number of benzene rings is 2. The van der Waals surface area contributed by atoms with E-state index in [1.165, 1.54) is 5.56 Å². The van der Waals surface area contributed by atoms with Crippen molar-refractivity contribution in [2.24, 2.45) is 5.73 Å². The van der Waals surface area contributed by atoms with Crippen LogP contribution in [0.15, 0.2) is 54.9 Å². The maximum absolute atomic E-state index is 5.76. The molecule has 4 aromatic rings. The molecular formula is C21H24N8. The second-order valence-corrected chi connectivity index (χ2v) is 6.94. The largest absolute Gasteiger partial charge is 0.330 e. The van der Waals surface area contributed by atoms with Gasteiger partial charge in [0.2, 0.25) is 5.82 Å². The fourth-order valence-electron chi connectivity index (χ4n) is 3.60. The van der Waals surface area contributed by atoms with E-state index in [2.05, 4.69) is 68.0 Å². The minimum atomic E-state index is 0.337. The first-order valence-corrected chi connectivity index (χ1v) is 9.80. The molecule has 1 unspecified atom stereocenters. The van der Waals surface area contributed by atoms with Gasteiger partial charge in [-0.05, 0) is 41.3 Å². The minimum absolute atomic E-state index is 0.337. The van der Waals surface area contributed by atoms with E-state index >= 15 is 0 Å². The summed E-state index contributed by atoms with van der Waals surface area (Å²) in [5.74, 6) is 1.93. The molecule has 4 rings (SSSR count). The molecule has 148 valence electrons. The zero-order valence-electron chi connectivity index (χ0n) is 16.4. The third-order valence-electron chi connectivity index (χ3n) is 5.13. The standard InChI is InChI=1S/C21H24N8/c1-2-16(11-12-22)21-23-14-24-29(21)13-15-7-9-17(10-8-15)18-5-3-4-6-19(18)20-25-27-28-26-20/h3-10,14,16H,2,11-13,22H2,1H3,(H,25,26,27,28). The van der Waals surface area contributed by atoms with Crippen molar-refractivity contribution in [1.29, 1.82) is 0 Å². The topological polar surface area (TPSA) is 111 Å². The van der Waals surface area contributed by atoms with Gasteiger partial charge in [-0.15, -0.1) is 10.2 Å². The van der Waals surface area contributed by atoms with E-state index < -0.39 is 0 Å². The third kappa shape index (κ3) is 4.07. The number of nitrogens with one attached hydrogen (secondary N) is 1. The van der Waals surface area contributed by atoms with Crippen LogP contribution in [0.4, 0.5) is 0 Å². The van der Waals surface area contributed by atoms with Crippen molar-refractivity contribution in [2.75, 3.05) is 6.54 Å². The molecule has 0 aliphatic carbocycles. The number of hydrogen-bond acceptors (Lipinski definition) is 6. The molecule has 1 atom stereocenters. The molecule has 0 aliphatic heterocycles. The summed E-state index contributed by atoms with van der Waals surface area (Å²) in [6, 6.07) is 16.5. The van der Waals surface area contributed by atoms with Crippen LogP contribution in [0.5, 0.6) is 0 Å². The number of rotatable bonds is 8. The van der Waals surface area contributed by atoms with E-state index in [9.17, 15) is 0 Å². The molecule has 0 spiro atoms. The second-order valence-electron chi connectivity index (χ2n) is 6.94. The first-order chi connectivity index (χ1) is 14.3. The minimum Gasteiger partial charge on any atom is -0.330 e. The van der Waals surface area contributed by atoms with Gasteiger partial charge in [-0.1, -0.05) is 55.5 Å². The maximum Gasteiger partial charge on any atom is 0.205 e. The van der Waals surface area contributed by atoms with Gasteiger partial charge in [-0.25, -0.2) is 9.67 Å². The number of nitrogens with two attached hydrogens (primary N) is 1. The van der Waals surface area contributed by atoms with Gasteiger partial charge in [0, 0.05) is 11.5 Å². The summed E-state index contributed by atoms with van der Waals surface area (Å²) in [7, 11) is 0. The number of tetrazole rings is 1. The van der Waals surface area contributed by atoms with Gasteiger partial charge in [0.1, 0.15) is 12.2 Å². The lowest BCUT2D eigenvalue weighted by molar-refractivity contribution is 0.525. The third-order valence-corrected chi connectivity index (χ3v) is 5.13. The summed E-state index contributed by atoms with van der Waals surface area (Å²) < 4.78 is 1.98. The van der Waals surface area contributed by atoms with Gasteiger partial charge in [0.25, 0.3) is 0 Å². The van der Waals surface area contributed by atoms with Gasteiger partial charge in [0.15, 0.2) is 0 Å². The van der Waals surface area contributed by atoms with Crippen molar-refractivity contribution in [3.05, 3.63) is 66.2 Å². The van der Waals surface area contributed by atoms with Crippen molar-refractivity contribution in [1.82, 2.24) is 35.4 Å². The van der Waals surface area contributed by atoms with Gasteiger partial charge >= 0.3 is 0 Å². The van der Waals surface area contributed by atoms with Crippen LogP contribution in [0.1, 0.15) is 37.1 Å². The highest BCUT2D eigenvalue weighted by Crippen LogP contribution is 2.30. The highest BCUT2D eigenvalue weighted by Gasteiger charge is 2.16. The van der Waals surface area contributed by atoms with Crippen LogP contribution in [0, 0.1) is 0 Å². The summed E-state index contributed by atoms with van der Waals surface area (Å²) in [5.41, 5.74) is 10.0. The molecule has 0 fully saturated rings. The van der Waals surface area contributed by atoms with E-state index in [-0.39, 0.29) is 0 Å². The number of aromatic nitrogens is 7. The maximum atomic E-state index is 5.76. The monoisotopic (exact) mass is 388 g/mol. The van der Waals surface area contributed by atoms with Gasteiger partial charge in [0.05, 0.1) is 6.54 Å². The number of nitrogens with zero attached hydrogens (tertiary/aromatic N) is 6. The highest BCUT2D eigenvalue weighted by atomic mass is 15.5. The molecule has 3 N–H and O–H groups in total. The Kier molecular flexibility index (Phi) is 5.71. The summed E-state index contributed by atoms with van der Waals surface area (Å²) in [5, 5.41) is 18.8. The molecular weight excluding hydrogens is 364 g/mol. The Labute approximate surface area is 169 Å². The fourth-order valence-corrected chi connectivity index (χ4v) is 3.60. The first-order valence-electron chi connectivity index (χ1n) is 9.80. The molecule has 0 bridgehead atoms. The first kappa shape index (κ1) is 18.9. The van der Waals surface area contributed by atoms with Crippen molar-refractivity contribution >= 4 is 0 Å². The Balaban J connectivity index is 1.57. The van der Waals surface area contributed by atoms with Crippen molar-refractivity contribution in [2.45, 2.75) is 32.2 Å². The zero-order chi connectivity index (χ0) is 20.1. The molecule has 8 nitrogen and oxygen atoms in total. The average molecular weight is 388 g/mol. The number of aromatic amines is 1. The predicted octanol–water partition coefficient (Wildman–Crippen LogP) is 3.02. The van der Waals surface area contributed by atoms with Crippen LogP contribution in [0.2, 0.25) is 0 Å². The van der Waals surface area contributed by atoms with Crippen molar-refractivity contribution in [3.8, 4) is 22.5 Å². The summed E-state index contributed by atoms with van der Waals surface area (Å²) in [6.07, 6.45) is 3.55. The molecule has 0 aliphatic rings. The summed E-state index contributed by atoms with van der Waals surface area (Å²) in [4.78, 5) is 4.48. The summed E-state index contributed by atoms with van der Waals surface area (Å²) >= 11 is 0. The SMILES string of the molecule is CCC(CCN)c1ncnn1Cc1ccc(-c2ccccc2-c2nn[nH]n2)cc1. The van der Waals surface area contributed by atoms with E-state index in [0.717, 1.165) is 35.4 Å². The lowest BCUT2D eigenvalue weighted by Crippen LogP contribution is -2.14.